The van der Waals surface area contributed by atoms with Crippen molar-refractivity contribution < 1.29 is 9.53 Å². The van der Waals surface area contributed by atoms with Gasteiger partial charge in [-0.05, 0) is 53.9 Å². The van der Waals surface area contributed by atoms with Crippen molar-refractivity contribution in [3.63, 3.8) is 0 Å². The van der Waals surface area contributed by atoms with Crippen LogP contribution in [0.3, 0.4) is 0 Å². The van der Waals surface area contributed by atoms with Crippen LogP contribution in [0.1, 0.15) is 58.3 Å². The Balaban J connectivity index is 1.82. The minimum Gasteiger partial charge on any atom is -0.444 e. The lowest BCUT2D eigenvalue weighted by Gasteiger charge is -2.30. The highest BCUT2D eigenvalue weighted by Gasteiger charge is 2.32. The lowest BCUT2D eigenvalue weighted by atomic mass is 10.1. The quantitative estimate of drug-likeness (QED) is 0.896. The van der Waals surface area contributed by atoms with Gasteiger partial charge in [-0.15, -0.1) is 0 Å². The van der Waals surface area contributed by atoms with E-state index in [-0.39, 0.29) is 12.1 Å². The minimum absolute atomic E-state index is 0.193. The van der Waals surface area contributed by atoms with Gasteiger partial charge >= 0.3 is 6.09 Å². The van der Waals surface area contributed by atoms with Crippen LogP contribution in [0.15, 0.2) is 12.4 Å². The molecule has 0 saturated carbocycles. The van der Waals surface area contributed by atoms with E-state index in [1.165, 1.54) is 0 Å². The highest BCUT2D eigenvalue weighted by Crippen LogP contribution is 2.24. The van der Waals surface area contributed by atoms with Crippen molar-refractivity contribution >= 4 is 6.09 Å². The van der Waals surface area contributed by atoms with E-state index in [4.69, 9.17) is 4.74 Å². The van der Waals surface area contributed by atoms with Gasteiger partial charge in [0, 0.05) is 37.6 Å². The predicted molar refractivity (Wildman–Crippen MR) is 93.6 cm³/mol. The number of hydrogen-bond acceptors (Lipinski definition) is 5. The molecule has 0 spiro atoms. The van der Waals surface area contributed by atoms with Crippen LogP contribution in [-0.2, 0) is 11.3 Å². The zero-order chi connectivity index (χ0) is 17.7. The molecule has 1 N–H and O–H groups in total. The van der Waals surface area contributed by atoms with E-state index < -0.39 is 5.60 Å². The number of rotatable bonds is 5. The maximum atomic E-state index is 12.3. The molecule has 2 atom stereocenters. The fraction of sp³-hybridized carbons (Fsp3) is 0.722. The van der Waals surface area contributed by atoms with Gasteiger partial charge in [0.2, 0.25) is 0 Å². The van der Waals surface area contributed by atoms with Crippen molar-refractivity contribution in [2.45, 2.75) is 78.1 Å². The van der Waals surface area contributed by atoms with Crippen LogP contribution in [0.4, 0.5) is 4.79 Å². The summed E-state index contributed by atoms with van der Waals surface area (Å²) in [6, 6.07) is 0.535. The number of carbonyl (C=O) groups is 1. The van der Waals surface area contributed by atoms with Gasteiger partial charge in [-0.25, -0.2) is 4.79 Å². The number of carbonyl (C=O) groups excluding carboxylic acids is 1. The normalized spacial score (nSPS) is 19.4. The molecule has 2 unspecified atom stereocenters. The average molecular weight is 334 g/mol. The largest absolute Gasteiger partial charge is 0.444 e. The van der Waals surface area contributed by atoms with Crippen LogP contribution < -0.4 is 5.32 Å². The lowest BCUT2D eigenvalue weighted by Crippen LogP contribution is -2.42. The Labute approximate surface area is 145 Å². The van der Waals surface area contributed by atoms with Crippen LogP contribution >= 0.6 is 0 Å². The van der Waals surface area contributed by atoms with Crippen molar-refractivity contribution in [1.29, 1.82) is 0 Å². The number of aromatic nitrogens is 2. The molecule has 1 amide bonds. The molecule has 1 aliphatic rings. The third kappa shape index (κ3) is 5.74. The third-order valence-corrected chi connectivity index (χ3v) is 4.10. The second-order valence-corrected chi connectivity index (χ2v) is 7.64. The fourth-order valence-corrected chi connectivity index (χ4v) is 2.92. The number of nitrogens with one attached hydrogen (secondary N) is 1. The standard InChI is InChI=1S/C18H30N4O2/c1-13(19-11-15-12-20-14(2)10-21-15)9-16-7-6-8-22(16)17(23)24-18(3,4)5/h10,12-13,16,19H,6-9,11H2,1-5H3. The second-order valence-electron chi connectivity index (χ2n) is 7.64. The number of ether oxygens (including phenoxy) is 1. The Morgan fingerprint density at radius 3 is 2.79 bits per heavy atom. The van der Waals surface area contributed by atoms with Crippen LogP contribution in [0, 0.1) is 6.92 Å². The van der Waals surface area contributed by atoms with Gasteiger partial charge in [0.05, 0.1) is 11.4 Å². The van der Waals surface area contributed by atoms with Crippen molar-refractivity contribution in [3.8, 4) is 0 Å². The monoisotopic (exact) mass is 334 g/mol. The molecule has 1 aromatic rings. The first kappa shape index (κ1) is 18.6. The smallest absolute Gasteiger partial charge is 0.410 e. The number of amides is 1. The SMILES string of the molecule is Cc1cnc(CNC(C)CC2CCCN2C(=O)OC(C)(C)C)cn1. The molecule has 1 aromatic heterocycles. The molecule has 0 aliphatic carbocycles. The van der Waals surface area contributed by atoms with E-state index in [1.807, 2.05) is 32.6 Å². The Morgan fingerprint density at radius 2 is 2.17 bits per heavy atom. The lowest BCUT2D eigenvalue weighted by molar-refractivity contribution is 0.0214. The first-order valence-corrected chi connectivity index (χ1v) is 8.75. The van der Waals surface area contributed by atoms with E-state index in [1.54, 1.807) is 12.4 Å². The van der Waals surface area contributed by atoms with Crippen molar-refractivity contribution in [3.05, 3.63) is 23.8 Å². The maximum Gasteiger partial charge on any atom is 0.410 e. The average Bonchev–Trinajstić information content (AvgIpc) is 2.93. The molecule has 1 aliphatic heterocycles. The van der Waals surface area contributed by atoms with Crippen LogP contribution in [-0.4, -0.2) is 45.2 Å². The highest BCUT2D eigenvalue weighted by atomic mass is 16.6. The van der Waals surface area contributed by atoms with E-state index in [0.29, 0.717) is 12.6 Å². The molecule has 2 rings (SSSR count). The minimum atomic E-state index is -0.446. The first-order chi connectivity index (χ1) is 11.2. The summed E-state index contributed by atoms with van der Waals surface area (Å²) >= 11 is 0. The summed E-state index contributed by atoms with van der Waals surface area (Å²) in [5.41, 5.74) is 1.41. The first-order valence-electron chi connectivity index (χ1n) is 8.75. The van der Waals surface area contributed by atoms with Gasteiger partial charge < -0.3 is 15.0 Å². The second kappa shape index (κ2) is 7.92. The Hall–Kier alpha value is -1.69. The maximum absolute atomic E-state index is 12.3. The van der Waals surface area contributed by atoms with E-state index in [9.17, 15) is 4.79 Å². The summed E-state index contributed by atoms with van der Waals surface area (Å²) in [6.45, 7) is 11.3. The Bertz CT molecular complexity index is 539. The molecule has 0 bridgehead atoms. The predicted octanol–water partition coefficient (Wildman–Crippen LogP) is 3.05. The van der Waals surface area contributed by atoms with Crippen molar-refractivity contribution in [2.24, 2.45) is 0 Å². The Kier molecular flexibility index (Phi) is 6.15. The number of nitrogens with zero attached hydrogens (tertiary/aromatic N) is 3. The van der Waals surface area contributed by atoms with Gasteiger partial charge in [-0.2, -0.15) is 0 Å². The molecule has 24 heavy (non-hydrogen) atoms. The van der Waals surface area contributed by atoms with E-state index >= 15 is 0 Å². The molecule has 6 heteroatoms. The molecule has 1 fully saturated rings. The molecular formula is C18H30N4O2. The zero-order valence-electron chi connectivity index (χ0n) is 15.5. The van der Waals surface area contributed by atoms with Gasteiger partial charge in [-0.1, -0.05) is 0 Å². The fourth-order valence-electron chi connectivity index (χ4n) is 2.92. The van der Waals surface area contributed by atoms with Crippen molar-refractivity contribution in [2.75, 3.05) is 6.54 Å². The summed E-state index contributed by atoms with van der Waals surface area (Å²) in [5.74, 6) is 0. The summed E-state index contributed by atoms with van der Waals surface area (Å²) in [6.07, 6.45) is 6.39. The van der Waals surface area contributed by atoms with Gasteiger partial charge in [0.25, 0.3) is 0 Å². The molecule has 0 radical (unpaired) electrons. The third-order valence-electron chi connectivity index (χ3n) is 4.10. The van der Waals surface area contributed by atoms with Crippen molar-refractivity contribution in [1.82, 2.24) is 20.2 Å². The summed E-state index contributed by atoms with van der Waals surface area (Å²) in [5, 5.41) is 3.47. The Morgan fingerprint density at radius 1 is 1.42 bits per heavy atom. The topological polar surface area (TPSA) is 67.4 Å². The molecule has 0 aromatic carbocycles. The summed E-state index contributed by atoms with van der Waals surface area (Å²) in [4.78, 5) is 22.8. The van der Waals surface area contributed by atoms with Crippen LogP contribution in [0.25, 0.3) is 0 Å². The van der Waals surface area contributed by atoms with Gasteiger partial charge in [0.1, 0.15) is 5.60 Å². The summed E-state index contributed by atoms with van der Waals surface area (Å²) in [7, 11) is 0. The molecule has 6 nitrogen and oxygen atoms in total. The van der Waals surface area contributed by atoms with E-state index in [2.05, 4.69) is 22.2 Å². The number of aryl methyl sites for hydroxylation is 1. The molecule has 2 heterocycles. The summed E-state index contributed by atoms with van der Waals surface area (Å²) < 4.78 is 5.52. The molecule has 134 valence electrons. The van der Waals surface area contributed by atoms with E-state index in [0.717, 1.165) is 37.2 Å². The van der Waals surface area contributed by atoms with Gasteiger partial charge in [0.15, 0.2) is 0 Å². The number of likely N-dealkylation sites (tertiary alicyclic amines) is 1. The molecule has 1 saturated heterocycles. The number of hydrogen-bond donors (Lipinski definition) is 1. The highest BCUT2D eigenvalue weighted by molar-refractivity contribution is 5.68. The van der Waals surface area contributed by atoms with Gasteiger partial charge in [-0.3, -0.25) is 9.97 Å². The van der Waals surface area contributed by atoms with Crippen LogP contribution in [0.5, 0.6) is 0 Å². The van der Waals surface area contributed by atoms with Crippen LogP contribution in [0.2, 0.25) is 0 Å². The zero-order valence-corrected chi connectivity index (χ0v) is 15.5. The molecular weight excluding hydrogens is 304 g/mol.